The summed E-state index contributed by atoms with van der Waals surface area (Å²) in [5.74, 6) is -0.271. The molecule has 0 amide bonds. The molecule has 102 valence electrons. The van der Waals surface area contributed by atoms with Crippen molar-refractivity contribution in [2.24, 2.45) is 0 Å². The van der Waals surface area contributed by atoms with Gasteiger partial charge in [-0.15, -0.1) is 0 Å². The SMILES string of the molecule is O=CC(=O)C1CCCCN1CCc1ccccc1Br. The van der Waals surface area contributed by atoms with Crippen molar-refractivity contribution >= 4 is 28.0 Å². The number of rotatable bonds is 5. The number of nitrogens with zero attached hydrogens (tertiary/aromatic N) is 1. The lowest BCUT2D eigenvalue weighted by atomic mass is 9.98. The minimum Gasteiger partial charge on any atom is -0.295 e. The van der Waals surface area contributed by atoms with Crippen molar-refractivity contribution in [3.63, 3.8) is 0 Å². The topological polar surface area (TPSA) is 37.4 Å². The summed E-state index contributed by atoms with van der Waals surface area (Å²) < 4.78 is 1.10. The fraction of sp³-hybridized carbons (Fsp3) is 0.467. The largest absolute Gasteiger partial charge is 0.295 e. The maximum atomic E-state index is 11.6. The summed E-state index contributed by atoms with van der Waals surface area (Å²) in [7, 11) is 0. The second-order valence-corrected chi connectivity index (χ2v) is 5.76. The van der Waals surface area contributed by atoms with Gasteiger partial charge < -0.3 is 0 Å². The van der Waals surface area contributed by atoms with E-state index in [4.69, 9.17) is 0 Å². The predicted molar refractivity (Wildman–Crippen MR) is 78.1 cm³/mol. The summed E-state index contributed by atoms with van der Waals surface area (Å²) in [4.78, 5) is 24.5. The van der Waals surface area contributed by atoms with Crippen molar-refractivity contribution in [2.75, 3.05) is 13.1 Å². The second kappa shape index (κ2) is 6.96. The first kappa shape index (κ1) is 14.4. The Morgan fingerprint density at radius 1 is 1.37 bits per heavy atom. The third kappa shape index (κ3) is 3.74. The Hall–Kier alpha value is -1.00. The lowest BCUT2D eigenvalue weighted by Crippen LogP contribution is -2.46. The maximum absolute atomic E-state index is 11.6. The molecule has 0 aromatic heterocycles. The molecule has 1 aliphatic heterocycles. The maximum Gasteiger partial charge on any atom is 0.212 e. The molecular formula is C15H18BrNO2. The van der Waals surface area contributed by atoms with Gasteiger partial charge in [0, 0.05) is 11.0 Å². The quantitative estimate of drug-likeness (QED) is 0.617. The van der Waals surface area contributed by atoms with Gasteiger partial charge in [-0.2, -0.15) is 0 Å². The van der Waals surface area contributed by atoms with E-state index < -0.39 is 0 Å². The smallest absolute Gasteiger partial charge is 0.212 e. The van der Waals surface area contributed by atoms with E-state index in [1.54, 1.807) is 0 Å². The minimum atomic E-state index is -0.271. The van der Waals surface area contributed by atoms with Crippen LogP contribution in [-0.2, 0) is 16.0 Å². The van der Waals surface area contributed by atoms with Crippen LogP contribution >= 0.6 is 15.9 Å². The third-order valence-electron chi connectivity index (χ3n) is 3.68. The molecule has 0 saturated carbocycles. The highest BCUT2D eigenvalue weighted by Gasteiger charge is 2.27. The average molecular weight is 324 g/mol. The Balaban J connectivity index is 1.98. The van der Waals surface area contributed by atoms with Crippen LogP contribution in [0, 0.1) is 0 Å². The molecule has 0 bridgehead atoms. The first-order valence-corrected chi connectivity index (χ1v) is 7.48. The molecule has 0 aliphatic carbocycles. The molecule has 1 saturated heterocycles. The van der Waals surface area contributed by atoms with Gasteiger partial charge in [-0.25, -0.2) is 0 Å². The molecule has 1 fully saturated rings. The number of carbonyl (C=O) groups is 2. The lowest BCUT2D eigenvalue weighted by molar-refractivity contribution is -0.134. The van der Waals surface area contributed by atoms with Gasteiger partial charge in [0.2, 0.25) is 5.78 Å². The summed E-state index contributed by atoms with van der Waals surface area (Å²) in [6.07, 6.45) is 4.33. The number of benzene rings is 1. The normalized spacial score (nSPS) is 20.2. The number of hydrogen-bond acceptors (Lipinski definition) is 3. The number of likely N-dealkylation sites (tertiary alicyclic amines) is 1. The van der Waals surface area contributed by atoms with Crippen molar-refractivity contribution in [1.82, 2.24) is 4.90 Å². The van der Waals surface area contributed by atoms with E-state index in [1.165, 1.54) is 5.56 Å². The number of carbonyl (C=O) groups excluding carboxylic acids is 2. The van der Waals surface area contributed by atoms with E-state index in [1.807, 2.05) is 18.2 Å². The molecule has 1 aliphatic rings. The molecule has 1 unspecified atom stereocenters. The van der Waals surface area contributed by atoms with Crippen LogP contribution in [-0.4, -0.2) is 36.1 Å². The Bertz CT molecular complexity index is 461. The summed E-state index contributed by atoms with van der Waals surface area (Å²) in [5.41, 5.74) is 1.24. The van der Waals surface area contributed by atoms with Gasteiger partial charge in [-0.1, -0.05) is 40.5 Å². The van der Waals surface area contributed by atoms with E-state index in [-0.39, 0.29) is 11.8 Å². The van der Waals surface area contributed by atoms with Gasteiger partial charge in [-0.05, 0) is 37.4 Å². The van der Waals surface area contributed by atoms with E-state index in [9.17, 15) is 9.59 Å². The van der Waals surface area contributed by atoms with Gasteiger partial charge in [0.25, 0.3) is 0 Å². The molecule has 1 atom stereocenters. The van der Waals surface area contributed by atoms with Gasteiger partial charge in [-0.3, -0.25) is 14.5 Å². The molecule has 0 spiro atoms. The van der Waals surface area contributed by atoms with Gasteiger partial charge >= 0.3 is 0 Å². The Kier molecular flexibility index (Phi) is 5.28. The van der Waals surface area contributed by atoms with Crippen LogP contribution in [0.5, 0.6) is 0 Å². The van der Waals surface area contributed by atoms with Crippen LogP contribution in [0.2, 0.25) is 0 Å². The Labute approximate surface area is 122 Å². The predicted octanol–water partition coefficient (Wildman–Crippen LogP) is 2.61. The molecule has 1 aromatic rings. The fourth-order valence-electron chi connectivity index (χ4n) is 2.62. The zero-order valence-electron chi connectivity index (χ0n) is 10.8. The molecule has 3 nitrogen and oxygen atoms in total. The highest BCUT2D eigenvalue weighted by Crippen LogP contribution is 2.20. The van der Waals surface area contributed by atoms with E-state index in [0.29, 0.717) is 6.29 Å². The zero-order valence-corrected chi connectivity index (χ0v) is 12.4. The summed E-state index contributed by atoms with van der Waals surface area (Å²) in [6.45, 7) is 1.74. The lowest BCUT2D eigenvalue weighted by Gasteiger charge is -2.33. The van der Waals surface area contributed by atoms with Crippen LogP contribution in [0.25, 0.3) is 0 Å². The monoisotopic (exact) mass is 323 g/mol. The van der Waals surface area contributed by atoms with Crippen LogP contribution < -0.4 is 0 Å². The molecule has 4 heteroatoms. The van der Waals surface area contributed by atoms with Gasteiger partial charge in [0.1, 0.15) is 0 Å². The fourth-order valence-corrected chi connectivity index (χ4v) is 3.11. The van der Waals surface area contributed by atoms with E-state index in [2.05, 4.69) is 26.9 Å². The van der Waals surface area contributed by atoms with Crippen molar-refractivity contribution < 1.29 is 9.59 Å². The van der Waals surface area contributed by atoms with Crippen molar-refractivity contribution in [1.29, 1.82) is 0 Å². The summed E-state index contributed by atoms with van der Waals surface area (Å²) in [6, 6.07) is 7.93. The molecule has 2 rings (SSSR count). The molecular weight excluding hydrogens is 306 g/mol. The number of ketones is 1. The second-order valence-electron chi connectivity index (χ2n) is 4.91. The minimum absolute atomic E-state index is 0.200. The molecule has 0 N–H and O–H groups in total. The van der Waals surface area contributed by atoms with Crippen LogP contribution in [0.15, 0.2) is 28.7 Å². The van der Waals surface area contributed by atoms with Crippen LogP contribution in [0.4, 0.5) is 0 Å². The summed E-state index contributed by atoms with van der Waals surface area (Å²) >= 11 is 3.54. The zero-order chi connectivity index (χ0) is 13.7. The summed E-state index contributed by atoms with van der Waals surface area (Å²) in [5, 5.41) is 0. The van der Waals surface area contributed by atoms with E-state index in [0.717, 1.165) is 43.2 Å². The molecule has 1 aromatic carbocycles. The van der Waals surface area contributed by atoms with Gasteiger partial charge in [0.05, 0.1) is 6.04 Å². The Morgan fingerprint density at radius 2 is 2.16 bits per heavy atom. The van der Waals surface area contributed by atoms with Gasteiger partial charge in [0.15, 0.2) is 6.29 Å². The molecule has 0 radical (unpaired) electrons. The van der Waals surface area contributed by atoms with Crippen LogP contribution in [0.3, 0.4) is 0 Å². The standard InChI is InChI=1S/C15H18BrNO2/c16-13-6-2-1-5-12(13)8-10-17-9-4-3-7-14(17)15(19)11-18/h1-2,5-6,11,14H,3-4,7-10H2. The van der Waals surface area contributed by atoms with Crippen molar-refractivity contribution in [2.45, 2.75) is 31.7 Å². The highest BCUT2D eigenvalue weighted by atomic mass is 79.9. The van der Waals surface area contributed by atoms with Crippen LogP contribution in [0.1, 0.15) is 24.8 Å². The number of Topliss-reactive ketones (excluding diaryl/α,β-unsaturated/α-hetero) is 1. The molecule has 19 heavy (non-hydrogen) atoms. The third-order valence-corrected chi connectivity index (χ3v) is 4.46. The van der Waals surface area contributed by atoms with Crippen molar-refractivity contribution in [3.8, 4) is 0 Å². The number of piperidine rings is 1. The first-order chi connectivity index (χ1) is 9.22. The van der Waals surface area contributed by atoms with E-state index >= 15 is 0 Å². The highest BCUT2D eigenvalue weighted by molar-refractivity contribution is 9.10. The number of halogens is 1. The number of aldehydes is 1. The number of hydrogen-bond donors (Lipinski definition) is 0. The first-order valence-electron chi connectivity index (χ1n) is 6.69. The Morgan fingerprint density at radius 3 is 2.89 bits per heavy atom. The van der Waals surface area contributed by atoms with Crippen molar-refractivity contribution in [3.05, 3.63) is 34.3 Å². The molecule has 1 heterocycles. The average Bonchev–Trinajstić information content (AvgIpc) is 2.46.